The second kappa shape index (κ2) is 9.18. The summed E-state index contributed by atoms with van der Waals surface area (Å²) in [6.45, 7) is 6.44. The monoisotopic (exact) mass is 440 g/mol. The van der Waals surface area contributed by atoms with Crippen molar-refractivity contribution in [2.45, 2.75) is 49.6 Å². The quantitative estimate of drug-likeness (QED) is 0.678. The Morgan fingerprint density at radius 2 is 1.96 bits per heavy atom. The lowest BCUT2D eigenvalue weighted by atomic mass is 9.76. The molecule has 0 spiro atoms. The van der Waals surface area contributed by atoms with E-state index >= 15 is 0 Å². The zero-order valence-corrected chi connectivity index (χ0v) is 18.5. The minimum atomic E-state index is -0.161. The number of hydrogen-bond acceptors (Lipinski definition) is 6. The van der Waals surface area contributed by atoms with Gasteiger partial charge in [-0.15, -0.1) is 0 Å². The normalized spacial score (nSPS) is 16.4. The second-order valence-corrected chi connectivity index (χ2v) is 9.06. The Morgan fingerprint density at radius 3 is 2.57 bits per heavy atom. The molecule has 0 radical (unpaired) electrons. The molecule has 1 saturated heterocycles. The summed E-state index contributed by atoms with van der Waals surface area (Å²) in [5, 5.41) is 11.6. The van der Waals surface area contributed by atoms with Crippen molar-refractivity contribution in [1.82, 2.24) is 9.97 Å². The lowest BCUT2D eigenvalue weighted by Gasteiger charge is -2.41. The number of piperidine rings is 1. The lowest BCUT2D eigenvalue weighted by molar-refractivity contribution is 0.217. The van der Waals surface area contributed by atoms with E-state index in [9.17, 15) is 5.11 Å². The molecule has 1 aliphatic heterocycles. The van der Waals surface area contributed by atoms with E-state index < -0.39 is 0 Å². The zero-order valence-electron chi connectivity index (χ0n) is 16.2. The maximum absolute atomic E-state index is 9.92. The van der Waals surface area contributed by atoms with Crippen molar-refractivity contribution >= 4 is 40.8 Å². The maximum Gasteiger partial charge on any atom is 0.153 e. The van der Waals surface area contributed by atoms with Gasteiger partial charge in [-0.05, 0) is 50.3 Å². The maximum atomic E-state index is 9.92. The summed E-state index contributed by atoms with van der Waals surface area (Å²) in [6, 6.07) is 5.50. The summed E-state index contributed by atoms with van der Waals surface area (Å²) in [7, 11) is 0. The average molecular weight is 441 g/mol. The SMILES string of the molecule is CCC1(CN)CCN(c2nc(C)c(Sc3cccc(Cl)c3Cl)nc2CO)CC1. The molecule has 0 amide bonds. The first-order valence-corrected chi connectivity index (χ1v) is 11.1. The van der Waals surface area contributed by atoms with Gasteiger partial charge in [-0.25, -0.2) is 9.97 Å². The number of nitrogens with zero attached hydrogens (tertiary/aromatic N) is 3. The van der Waals surface area contributed by atoms with E-state index in [1.165, 1.54) is 11.8 Å². The third kappa shape index (κ3) is 4.41. The third-order valence-corrected chi connectivity index (χ3v) is 7.73. The first kappa shape index (κ1) is 21.7. The molecule has 0 saturated carbocycles. The molecule has 2 heterocycles. The van der Waals surface area contributed by atoms with Crippen LogP contribution in [0.4, 0.5) is 5.82 Å². The van der Waals surface area contributed by atoms with E-state index in [0.29, 0.717) is 22.3 Å². The Kier molecular flexibility index (Phi) is 7.10. The average Bonchev–Trinajstić information content (AvgIpc) is 2.72. The molecule has 0 aliphatic carbocycles. The van der Waals surface area contributed by atoms with Crippen LogP contribution in [0.15, 0.2) is 28.1 Å². The zero-order chi connectivity index (χ0) is 20.3. The van der Waals surface area contributed by atoms with Crippen molar-refractivity contribution in [1.29, 1.82) is 0 Å². The van der Waals surface area contributed by atoms with Gasteiger partial charge in [0.1, 0.15) is 10.7 Å². The smallest absolute Gasteiger partial charge is 0.153 e. The number of halogens is 2. The summed E-state index contributed by atoms with van der Waals surface area (Å²) in [5.74, 6) is 0.767. The van der Waals surface area contributed by atoms with E-state index in [-0.39, 0.29) is 12.0 Å². The minimum Gasteiger partial charge on any atom is -0.390 e. The summed E-state index contributed by atoms with van der Waals surface area (Å²) in [4.78, 5) is 12.5. The Bertz CT molecular complexity index is 835. The molecule has 1 aromatic heterocycles. The van der Waals surface area contributed by atoms with Crippen LogP contribution in [0.25, 0.3) is 0 Å². The van der Waals surface area contributed by atoms with Crippen LogP contribution in [0, 0.1) is 12.3 Å². The molecule has 1 fully saturated rings. The largest absolute Gasteiger partial charge is 0.390 e. The van der Waals surface area contributed by atoms with Crippen molar-refractivity contribution in [2.75, 3.05) is 24.5 Å². The van der Waals surface area contributed by atoms with Crippen LogP contribution in [0.2, 0.25) is 10.0 Å². The van der Waals surface area contributed by atoms with E-state index in [2.05, 4.69) is 11.8 Å². The first-order valence-electron chi connectivity index (χ1n) is 9.48. The number of anilines is 1. The van der Waals surface area contributed by atoms with E-state index in [0.717, 1.165) is 53.8 Å². The summed E-state index contributed by atoms with van der Waals surface area (Å²) in [5.41, 5.74) is 7.63. The molecule has 1 aromatic carbocycles. The van der Waals surface area contributed by atoms with Crippen molar-refractivity contribution in [3.63, 3.8) is 0 Å². The fraction of sp³-hybridized carbons (Fsp3) is 0.500. The predicted molar refractivity (Wildman–Crippen MR) is 117 cm³/mol. The van der Waals surface area contributed by atoms with Gasteiger partial charge >= 0.3 is 0 Å². The molecule has 1 aliphatic rings. The van der Waals surface area contributed by atoms with Crippen molar-refractivity contribution < 1.29 is 5.11 Å². The number of aliphatic hydroxyl groups excluding tert-OH is 1. The molecule has 5 nitrogen and oxygen atoms in total. The molecule has 2 aromatic rings. The molecule has 0 unspecified atom stereocenters. The third-order valence-electron chi connectivity index (χ3n) is 5.66. The van der Waals surface area contributed by atoms with Gasteiger partial charge in [0, 0.05) is 18.0 Å². The van der Waals surface area contributed by atoms with E-state index in [1.54, 1.807) is 6.07 Å². The van der Waals surface area contributed by atoms with Gasteiger partial charge in [0.05, 0.1) is 22.3 Å². The summed E-state index contributed by atoms with van der Waals surface area (Å²) in [6.07, 6.45) is 3.14. The highest BCUT2D eigenvalue weighted by Crippen LogP contribution is 2.39. The highest BCUT2D eigenvalue weighted by Gasteiger charge is 2.33. The van der Waals surface area contributed by atoms with Crippen LogP contribution in [-0.2, 0) is 6.61 Å². The Labute approximate surface area is 180 Å². The molecule has 8 heteroatoms. The van der Waals surface area contributed by atoms with E-state index in [4.69, 9.17) is 38.9 Å². The van der Waals surface area contributed by atoms with Gasteiger partial charge in [-0.2, -0.15) is 0 Å². The van der Waals surface area contributed by atoms with Crippen LogP contribution < -0.4 is 10.6 Å². The van der Waals surface area contributed by atoms with Crippen LogP contribution in [0.5, 0.6) is 0 Å². The molecule has 152 valence electrons. The summed E-state index contributed by atoms with van der Waals surface area (Å²) < 4.78 is 0. The highest BCUT2D eigenvalue weighted by molar-refractivity contribution is 7.99. The fourth-order valence-electron chi connectivity index (χ4n) is 3.54. The molecular formula is C20H26Cl2N4OS. The fourth-order valence-corrected chi connectivity index (χ4v) is 4.92. The minimum absolute atomic E-state index is 0.161. The van der Waals surface area contributed by atoms with Gasteiger partial charge in [-0.1, -0.05) is 48.0 Å². The molecule has 0 bridgehead atoms. The van der Waals surface area contributed by atoms with Crippen molar-refractivity contribution in [3.8, 4) is 0 Å². The van der Waals surface area contributed by atoms with Crippen LogP contribution in [0.1, 0.15) is 37.6 Å². The van der Waals surface area contributed by atoms with Gasteiger partial charge in [0.2, 0.25) is 0 Å². The molecule has 28 heavy (non-hydrogen) atoms. The van der Waals surface area contributed by atoms with Crippen LogP contribution in [0.3, 0.4) is 0 Å². The van der Waals surface area contributed by atoms with Crippen LogP contribution >= 0.6 is 35.0 Å². The van der Waals surface area contributed by atoms with Gasteiger partial charge in [-0.3, -0.25) is 0 Å². The Balaban J connectivity index is 1.85. The van der Waals surface area contributed by atoms with Crippen LogP contribution in [-0.4, -0.2) is 34.7 Å². The number of aromatic nitrogens is 2. The molecular weight excluding hydrogens is 415 g/mol. The van der Waals surface area contributed by atoms with Crippen molar-refractivity contribution in [2.24, 2.45) is 11.1 Å². The number of benzene rings is 1. The molecule has 3 N–H and O–H groups in total. The standard InChI is InChI=1S/C20H26Cl2N4OS/c1-3-20(12-23)7-9-26(10-8-20)18-15(11-27)25-19(13(2)24-18)28-16-6-4-5-14(21)17(16)22/h4-6,27H,3,7-12,23H2,1-2H3. The number of aryl methyl sites for hydroxylation is 1. The number of nitrogens with two attached hydrogens (primary N) is 1. The van der Waals surface area contributed by atoms with Crippen molar-refractivity contribution in [3.05, 3.63) is 39.6 Å². The number of aliphatic hydroxyl groups is 1. The summed E-state index contributed by atoms with van der Waals surface area (Å²) >= 11 is 13.8. The van der Waals surface area contributed by atoms with Gasteiger partial charge in [0.25, 0.3) is 0 Å². The Morgan fingerprint density at radius 1 is 1.25 bits per heavy atom. The first-order chi connectivity index (χ1) is 13.4. The van der Waals surface area contributed by atoms with Gasteiger partial charge < -0.3 is 15.7 Å². The second-order valence-electron chi connectivity index (χ2n) is 7.24. The number of rotatable bonds is 6. The topological polar surface area (TPSA) is 75.3 Å². The molecule has 3 rings (SSSR count). The number of hydrogen-bond donors (Lipinski definition) is 2. The van der Waals surface area contributed by atoms with Gasteiger partial charge in [0.15, 0.2) is 5.82 Å². The van der Waals surface area contributed by atoms with E-state index in [1.807, 2.05) is 19.1 Å². The highest BCUT2D eigenvalue weighted by atomic mass is 35.5. The Hall–Kier alpha value is -1.05. The molecule has 0 atom stereocenters. The lowest BCUT2D eigenvalue weighted by Crippen LogP contribution is -2.44. The predicted octanol–water partition coefficient (Wildman–Crippen LogP) is 4.69.